The van der Waals surface area contributed by atoms with Crippen molar-refractivity contribution in [2.24, 2.45) is 0 Å². The van der Waals surface area contributed by atoms with Crippen molar-refractivity contribution in [2.75, 3.05) is 10.6 Å². The minimum Gasteiger partial charge on any atom is -0.338 e. The summed E-state index contributed by atoms with van der Waals surface area (Å²) in [7, 11) is 0. The number of aromatic nitrogens is 8. The van der Waals surface area contributed by atoms with Gasteiger partial charge >= 0.3 is 0 Å². The number of amidine groups is 2. The van der Waals surface area contributed by atoms with Gasteiger partial charge < -0.3 is 10.6 Å². The number of pyridine rings is 4. The molecule has 0 radical (unpaired) electrons. The van der Waals surface area contributed by atoms with Gasteiger partial charge in [0.25, 0.3) is 0 Å². The number of allylic oxidation sites excluding steroid dienone is 4. The number of carbonyl (C=O) groups is 3. The Morgan fingerprint density at radius 2 is 0.591 bits per heavy atom. The lowest BCUT2D eigenvalue weighted by Gasteiger charge is -2.12. The van der Waals surface area contributed by atoms with Crippen LogP contribution in [0.2, 0.25) is 0 Å². The molecular formula is C91H58Cl4N12O3. The van der Waals surface area contributed by atoms with Gasteiger partial charge in [0.2, 0.25) is 11.6 Å². The molecule has 19 heteroatoms. The van der Waals surface area contributed by atoms with Crippen LogP contribution in [0.4, 0.5) is 11.4 Å². The van der Waals surface area contributed by atoms with Crippen molar-refractivity contribution in [3.63, 3.8) is 0 Å². The zero-order valence-corrected chi connectivity index (χ0v) is 61.0. The summed E-state index contributed by atoms with van der Waals surface area (Å²) in [5.74, 6) is 0.0474. The van der Waals surface area contributed by atoms with Crippen LogP contribution in [0.3, 0.4) is 0 Å². The van der Waals surface area contributed by atoms with Crippen molar-refractivity contribution in [1.82, 2.24) is 39.9 Å². The summed E-state index contributed by atoms with van der Waals surface area (Å²) < 4.78 is 0. The Morgan fingerprint density at radius 3 is 0.973 bits per heavy atom. The number of anilines is 2. The number of benzene rings is 11. The van der Waals surface area contributed by atoms with Crippen LogP contribution in [-0.2, 0) is 9.59 Å². The Morgan fingerprint density at radius 1 is 0.282 bits per heavy atom. The number of aldehydes is 1. The van der Waals surface area contributed by atoms with Gasteiger partial charge in [-0.3, -0.25) is 25.2 Å². The summed E-state index contributed by atoms with van der Waals surface area (Å²) >= 11 is 21.5. The van der Waals surface area contributed by atoms with Gasteiger partial charge in [-0.05, 0) is 94.3 Å². The SMILES string of the molecule is N=C(Nc1cccc2ccccc12)c1cccc(-c2cccc(C(=N)Nc3cccc4ccccc34)n2)n1.O=C1C(Cl)=C(Cl)C(=O)C(Cl)=C1Cl.O=Cc1ccccc1.c1ccc(-c2nc(-c3cccc(-c4cccc(-c5nc(-c6ccccc6)c6ccc7ccccc7c6n5)n4)n3)nc3c2ccc2ccccc23)cc1. The molecule has 0 saturated heterocycles. The van der Waals surface area contributed by atoms with Gasteiger partial charge in [0, 0.05) is 60.4 Å². The molecule has 0 fully saturated rings. The lowest BCUT2D eigenvalue weighted by Crippen LogP contribution is -2.15. The van der Waals surface area contributed by atoms with Crippen LogP contribution in [-0.4, -0.2) is 69.4 Å². The number of carbonyl (C=O) groups excluding carboxylic acids is 3. The number of fused-ring (bicyclic) bond motifs is 8. The number of Topliss-reactive ketones (excluding diaryl/α,β-unsaturated/α-hetero) is 2. The van der Waals surface area contributed by atoms with Crippen molar-refractivity contribution < 1.29 is 14.4 Å². The Labute approximate surface area is 650 Å². The first-order valence-corrected chi connectivity index (χ1v) is 36.1. The number of rotatable bonds is 11. The summed E-state index contributed by atoms with van der Waals surface area (Å²) in [4.78, 5) is 72.1. The molecule has 4 N–H and O–H groups in total. The van der Waals surface area contributed by atoms with Gasteiger partial charge in [-0.15, -0.1) is 0 Å². The van der Waals surface area contributed by atoms with Crippen molar-refractivity contribution in [3.05, 3.63) is 359 Å². The van der Waals surface area contributed by atoms with E-state index in [-0.39, 0.29) is 11.7 Å². The van der Waals surface area contributed by atoms with Gasteiger partial charge in [0.05, 0.1) is 45.2 Å². The molecule has 0 spiro atoms. The van der Waals surface area contributed by atoms with Crippen LogP contribution in [0.1, 0.15) is 21.7 Å². The Balaban J connectivity index is 0.000000143. The van der Waals surface area contributed by atoms with Crippen LogP contribution < -0.4 is 10.6 Å². The molecule has 0 unspecified atom stereocenters. The zero-order chi connectivity index (χ0) is 75.6. The molecule has 6 aromatic heterocycles. The molecule has 17 aromatic rings. The average Bonchev–Trinajstić information content (AvgIpc) is 0.756. The zero-order valence-electron chi connectivity index (χ0n) is 58.0. The highest BCUT2D eigenvalue weighted by Gasteiger charge is 2.31. The van der Waals surface area contributed by atoms with E-state index in [4.69, 9.17) is 97.1 Å². The highest BCUT2D eigenvalue weighted by molar-refractivity contribution is 6.69. The van der Waals surface area contributed by atoms with Gasteiger partial charge in [-0.1, -0.05) is 295 Å². The first-order chi connectivity index (χ1) is 53.8. The van der Waals surface area contributed by atoms with E-state index in [1.54, 1.807) is 24.3 Å². The maximum Gasteiger partial charge on any atom is 0.219 e. The maximum absolute atomic E-state index is 11.0. The van der Waals surface area contributed by atoms with E-state index in [0.717, 1.165) is 111 Å². The predicted molar refractivity (Wildman–Crippen MR) is 446 cm³/mol. The largest absolute Gasteiger partial charge is 0.338 e. The molecule has 110 heavy (non-hydrogen) atoms. The van der Waals surface area contributed by atoms with E-state index in [1.165, 1.54) is 0 Å². The summed E-state index contributed by atoms with van der Waals surface area (Å²) in [6.45, 7) is 0. The molecule has 18 rings (SSSR count). The van der Waals surface area contributed by atoms with Crippen molar-refractivity contribution in [2.45, 2.75) is 0 Å². The molecule has 0 amide bonds. The molecule has 0 bridgehead atoms. The second-order valence-corrected chi connectivity index (χ2v) is 26.5. The van der Waals surface area contributed by atoms with Gasteiger partial charge in [-0.2, -0.15) is 0 Å². The van der Waals surface area contributed by atoms with Crippen molar-refractivity contribution in [1.29, 1.82) is 10.8 Å². The molecule has 0 atom stereocenters. The van der Waals surface area contributed by atoms with E-state index >= 15 is 0 Å². The number of hydrogen-bond donors (Lipinski definition) is 4. The molecule has 11 aromatic carbocycles. The second kappa shape index (κ2) is 32.6. The maximum atomic E-state index is 11.0. The van der Waals surface area contributed by atoms with Crippen molar-refractivity contribution >= 4 is 152 Å². The highest BCUT2D eigenvalue weighted by Crippen LogP contribution is 2.38. The van der Waals surface area contributed by atoms with Crippen LogP contribution >= 0.6 is 46.4 Å². The second-order valence-electron chi connectivity index (χ2n) is 25.0. The fraction of sp³-hybridized carbons (Fsp3) is 0. The summed E-state index contributed by atoms with van der Waals surface area (Å²) in [6, 6.07) is 106. The monoisotopic (exact) mass is 1510 g/mol. The molecule has 6 heterocycles. The first kappa shape index (κ1) is 71.9. The van der Waals surface area contributed by atoms with E-state index < -0.39 is 31.7 Å². The lowest BCUT2D eigenvalue weighted by atomic mass is 10.0. The third-order valence-corrected chi connectivity index (χ3v) is 19.6. The smallest absolute Gasteiger partial charge is 0.219 e. The number of halogens is 4. The molecule has 15 nitrogen and oxygen atoms in total. The molecule has 1 aliphatic carbocycles. The molecule has 0 saturated carbocycles. The van der Waals surface area contributed by atoms with E-state index in [0.29, 0.717) is 57.2 Å². The highest BCUT2D eigenvalue weighted by atomic mass is 35.5. The minimum atomic E-state index is -0.729. The minimum absolute atomic E-state index is 0.199. The number of ketones is 2. The molecule has 528 valence electrons. The Hall–Kier alpha value is -13.7. The standard InChI is InChI=1S/C46H28N6.C32H24N6.C7H6O.C6Cl4O2/c1-3-15-31(16-4-1)41-35-27-25-29-13-7-9-19-33(29)43(35)51-45(49-41)39-23-11-21-37(47-39)38-22-12-24-40(48-38)46-50-42(32-17-5-2-6-18-32)36-28-26-30-14-8-10-20-34(30)44(36)52-46;33-31(37-25-15-5-11-21-9-1-3-13-23(21)25)29-19-7-17-27(35-29)28-18-8-20-30(36-28)32(34)38-26-16-6-12-22-10-2-4-14-24(22)26;8-6-7-4-2-1-3-5-7;7-1-2(8)6(12)4(10)3(9)5(1)11/h1-28H;1-20H,(H2,33,37)(H2,34,38);1-6H;. The third-order valence-electron chi connectivity index (χ3n) is 18.0. The molecule has 1 aliphatic rings. The van der Waals surface area contributed by atoms with Crippen LogP contribution in [0, 0.1) is 10.8 Å². The predicted octanol–water partition coefficient (Wildman–Crippen LogP) is 22.3. The number of hydrogen-bond acceptors (Lipinski definition) is 13. The fourth-order valence-corrected chi connectivity index (χ4v) is 13.4. The van der Waals surface area contributed by atoms with Crippen LogP contribution in [0.25, 0.3) is 133 Å². The van der Waals surface area contributed by atoms with Crippen molar-refractivity contribution in [3.8, 4) is 68.3 Å². The average molecular weight is 1510 g/mol. The van der Waals surface area contributed by atoms with Gasteiger partial charge in [0.1, 0.15) is 60.9 Å². The molecule has 0 aliphatic heterocycles. The Kier molecular flexibility index (Phi) is 21.3. The summed E-state index contributed by atoms with van der Waals surface area (Å²) in [5.41, 5.74) is 13.0. The number of nitrogens with zero attached hydrogens (tertiary/aromatic N) is 8. The van der Waals surface area contributed by atoms with E-state index in [2.05, 4.69) is 83.4 Å². The van der Waals surface area contributed by atoms with Crippen LogP contribution in [0.5, 0.6) is 0 Å². The quantitative estimate of drug-likeness (QED) is 0.0311. The lowest BCUT2D eigenvalue weighted by molar-refractivity contribution is -0.114. The van der Waals surface area contributed by atoms with E-state index in [9.17, 15) is 14.4 Å². The topological polar surface area (TPSA) is 226 Å². The van der Waals surface area contributed by atoms with Gasteiger partial charge in [-0.25, -0.2) is 39.9 Å². The van der Waals surface area contributed by atoms with Crippen LogP contribution in [0.15, 0.2) is 342 Å². The summed E-state index contributed by atoms with van der Waals surface area (Å²) in [6.07, 6.45) is 0.833. The Bertz CT molecular complexity index is 6140. The number of nitrogens with one attached hydrogen (secondary N) is 4. The summed E-state index contributed by atoms with van der Waals surface area (Å²) in [5, 5.41) is 32.9. The normalized spacial score (nSPS) is 11.9. The fourth-order valence-electron chi connectivity index (χ4n) is 12.6. The first-order valence-electron chi connectivity index (χ1n) is 34.6. The molecular weight excluding hydrogens is 1450 g/mol. The third kappa shape index (κ3) is 15.5. The van der Waals surface area contributed by atoms with E-state index in [1.807, 2.05) is 224 Å². The van der Waals surface area contributed by atoms with Gasteiger partial charge in [0.15, 0.2) is 11.6 Å².